The van der Waals surface area contributed by atoms with Crippen molar-refractivity contribution in [2.45, 2.75) is 19.9 Å². The van der Waals surface area contributed by atoms with Crippen molar-refractivity contribution in [2.75, 3.05) is 6.54 Å². The SMILES string of the molecule is C=C(C)C(NCC)c1cccc2ncccc12. The normalized spacial score (nSPS) is 12.6. The molecule has 1 aromatic heterocycles. The van der Waals surface area contributed by atoms with E-state index in [-0.39, 0.29) is 6.04 Å². The first-order valence-electron chi connectivity index (χ1n) is 5.96. The number of fused-ring (bicyclic) bond motifs is 1. The molecule has 0 saturated carbocycles. The highest BCUT2D eigenvalue weighted by Gasteiger charge is 2.13. The summed E-state index contributed by atoms with van der Waals surface area (Å²) in [6.07, 6.45) is 1.83. The van der Waals surface area contributed by atoms with Crippen LogP contribution in [0.25, 0.3) is 10.9 Å². The van der Waals surface area contributed by atoms with Gasteiger partial charge in [0.25, 0.3) is 0 Å². The second-order valence-corrected chi connectivity index (χ2v) is 4.25. The third-order valence-corrected chi connectivity index (χ3v) is 2.89. The Kier molecular flexibility index (Phi) is 3.55. The zero-order valence-electron chi connectivity index (χ0n) is 10.4. The predicted molar refractivity (Wildman–Crippen MR) is 73.0 cm³/mol. The summed E-state index contributed by atoms with van der Waals surface area (Å²) in [5.74, 6) is 0. The van der Waals surface area contributed by atoms with Crippen LogP contribution in [0.1, 0.15) is 25.5 Å². The number of likely N-dealkylation sites (N-methyl/N-ethyl adjacent to an activating group) is 1. The maximum absolute atomic E-state index is 4.39. The number of hydrogen-bond donors (Lipinski definition) is 1. The first-order chi connectivity index (χ1) is 8.24. The highest BCUT2D eigenvalue weighted by atomic mass is 14.9. The van der Waals surface area contributed by atoms with Gasteiger partial charge in [-0.25, -0.2) is 0 Å². The van der Waals surface area contributed by atoms with Gasteiger partial charge >= 0.3 is 0 Å². The fraction of sp³-hybridized carbons (Fsp3) is 0.267. The third-order valence-electron chi connectivity index (χ3n) is 2.89. The molecule has 88 valence electrons. The van der Waals surface area contributed by atoms with E-state index in [0.29, 0.717) is 0 Å². The van der Waals surface area contributed by atoms with Gasteiger partial charge in [-0.05, 0) is 31.2 Å². The summed E-state index contributed by atoms with van der Waals surface area (Å²) in [6.45, 7) is 9.17. The molecule has 0 fully saturated rings. The lowest BCUT2D eigenvalue weighted by molar-refractivity contribution is 0.625. The summed E-state index contributed by atoms with van der Waals surface area (Å²) in [5, 5.41) is 4.66. The zero-order valence-corrected chi connectivity index (χ0v) is 10.4. The van der Waals surface area contributed by atoms with Crippen molar-refractivity contribution >= 4 is 10.9 Å². The molecule has 0 aliphatic rings. The number of nitrogens with zero attached hydrogens (tertiary/aromatic N) is 1. The van der Waals surface area contributed by atoms with Crippen molar-refractivity contribution in [3.05, 3.63) is 54.2 Å². The maximum Gasteiger partial charge on any atom is 0.0705 e. The van der Waals surface area contributed by atoms with E-state index in [9.17, 15) is 0 Å². The first kappa shape index (κ1) is 11.8. The van der Waals surface area contributed by atoms with E-state index in [0.717, 1.165) is 17.6 Å². The summed E-state index contributed by atoms with van der Waals surface area (Å²) >= 11 is 0. The average Bonchev–Trinajstić information content (AvgIpc) is 2.35. The van der Waals surface area contributed by atoms with Gasteiger partial charge < -0.3 is 5.32 Å². The van der Waals surface area contributed by atoms with E-state index in [2.05, 4.69) is 48.9 Å². The number of pyridine rings is 1. The fourth-order valence-electron chi connectivity index (χ4n) is 2.13. The van der Waals surface area contributed by atoms with Crippen LogP contribution in [0.2, 0.25) is 0 Å². The standard InChI is InChI=1S/C15H18N2/c1-4-16-15(11(2)3)13-7-5-9-14-12(13)8-6-10-17-14/h5-10,15-16H,2,4H2,1,3H3. The highest BCUT2D eigenvalue weighted by molar-refractivity contribution is 5.82. The molecular formula is C15H18N2. The second kappa shape index (κ2) is 5.11. The number of aromatic nitrogens is 1. The molecule has 0 aliphatic carbocycles. The Balaban J connectivity index is 2.56. The summed E-state index contributed by atoms with van der Waals surface area (Å²) in [5.41, 5.74) is 3.42. The van der Waals surface area contributed by atoms with E-state index in [1.165, 1.54) is 10.9 Å². The Hall–Kier alpha value is -1.67. The van der Waals surface area contributed by atoms with Crippen LogP contribution in [0.4, 0.5) is 0 Å². The van der Waals surface area contributed by atoms with Crippen LogP contribution in [0, 0.1) is 0 Å². The quantitative estimate of drug-likeness (QED) is 0.807. The topological polar surface area (TPSA) is 24.9 Å². The van der Waals surface area contributed by atoms with Gasteiger partial charge in [0.2, 0.25) is 0 Å². The molecular weight excluding hydrogens is 208 g/mol. The molecule has 2 nitrogen and oxygen atoms in total. The minimum Gasteiger partial charge on any atom is -0.307 e. The van der Waals surface area contributed by atoms with Crippen molar-refractivity contribution < 1.29 is 0 Å². The Morgan fingerprint density at radius 2 is 2.18 bits per heavy atom. The fourth-order valence-corrected chi connectivity index (χ4v) is 2.13. The van der Waals surface area contributed by atoms with Gasteiger partial charge in [0, 0.05) is 11.6 Å². The molecule has 1 heterocycles. The Morgan fingerprint density at radius 3 is 2.88 bits per heavy atom. The van der Waals surface area contributed by atoms with Gasteiger partial charge in [0.1, 0.15) is 0 Å². The molecule has 2 heteroatoms. The van der Waals surface area contributed by atoms with E-state index >= 15 is 0 Å². The molecule has 1 aromatic carbocycles. The van der Waals surface area contributed by atoms with Crippen molar-refractivity contribution in [3.8, 4) is 0 Å². The minimum absolute atomic E-state index is 0.202. The molecule has 1 atom stereocenters. The molecule has 0 aliphatic heterocycles. The lowest BCUT2D eigenvalue weighted by atomic mass is 9.97. The molecule has 0 radical (unpaired) electrons. The Morgan fingerprint density at radius 1 is 1.35 bits per heavy atom. The van der Waals surface area contributed by atoms with Crippen molar-refractivity contribution in [3.63, 3.8) is 0 Å². The van der Waals surface area contributed by atoms with Crippen LogP contribution < -0.4 is 5.32 Å². The summed E-state index contributed by atoms with van der Waals surface area (Å²) in [4.78, 5) is 4.39. The molecule has 1 unspecified atom stereocenters. The largest absolute Gasteiger partial charge is 0.307 e. The smallest absolute Gasteiger partial charge is 0.0705 e. The second-order valence-electron chi connectivity index (χ2n) is 4.25. The van der Waals surface area contributed by atoms with Gasteiger partial charge in [-0.1, -0.05) is 37.3 Å². The molecule has 2 aromatic rings. The summed E-state index contributed by atoms with van der Waals surface area (Å²) in [7, 11) is 0. The van der Waals surface area contributed by atoms with Crippen LogP contribution in [-0.4, -0.2) is 11.5 Å². The molecule has 0 spiro atoms. The predicted octanol–water partition coefficient (Wildman–Crippen LogP) is 3.46. The minimum atomic E-state index is 0.202. The van der Waals surface area contributed by atoms with Crippen LogP contribution in [0.15, 0.2) is 48.7 Å². The van der Waals surface area contributed by atoms with Gasteiger partial charge in [-0.2, -0.15) is 0 Å². The van der Waals surface area contributed by atoms with E-state index < -0.39 is 0 Å². The number of nitrogens with one attached hydrogen (secondary N) is 1. The first-order valence-corrected chi connectivity index (χ1v) is 5.96. The van der Waals surface area contributed by atoms with Gasteiger partial charge in [-0.15, -0.1) is 0 Å². The zero-order chi connectivity index (χ0) is 12.3. The van der Waals surface area contributed by atoms with Gasteiger partial charge in [-0.3, -0.25) is 4.98 Å². The molecule has 0 amide bonds. The summed E-state index contributed by atoms with van der Waals surface area (Å²) in [6, 6.07) is 10.5. The van der Waals surface area contributed by atoms with Crippen LogP contribution in [-0.2, 0) is 0 Å². The molecule has 2 rings (SSSR count). The number of hydrogen-bond acceptors (Lipinski definition) is 2. The van der Waals surface area contributed by atoms with Gasteiger partial charge in [0.05, 0.1) is 11.6 Å². The van der Waals surface area contributed by atoms with E-state index in [1.807, 2.05) is 18.3 Å². The number of rotatable bonds is 4. The Bertz CT molecular complexity index is 526. The monoisotopic (exact) mass is 226 g/mol. The van der Waals surface area contributed by atoms with E-state index in [1.54, 1.807) is 0 Å². The van der Waals surface area contributed by atoms with Gasteiger partial charge in [0.15, 0.2) is 0 Å². The van der Waals surface area contributed by atoms with Crippen LogP contribution in [0.5, 0.6) is 0 Å². The van der Waals surface area contributed by atoms with Crippen LogP contribution in [0.3, 0.4) is 0 Å². The van der Waals surface area contributed by atoms with E-state index in [4.69, 9.17) is 0 Å². The van der Waals surface area contributed by atoms with Crippen molar-refractivity contribution in [1.29, 1.82) is 0 Å². The molecule has 0 bridgehead atoms. The summed E-state index contributed by atoms with van der Waals surface area (Å²) < 4.78 is 0. The lowest BCUT2D eigenvalue weighted by Gasteiger charge is -2.20. The Labute approximate surface area is 102 Å². The maximum atomic E-state index is 4.39. The van der Waals surface area contributed by atoms with Crippen molar-refractivity contribution in [2.24, 2.45) is 0 Å². The number of benzene rings is 1. The molecule has 0 saturated heterocycles. The highest BCUT2D eigenvalue weighted by Crippen LogP contribution is 2.26. The molecule has 17 heavy (non-hydrogen) atoms. The third kappa shape index (κ3) is 2.37. The van der Waals surface area contributed by atoms with Crippen LogP contribution >= 0.6 is 0 Å². The van der Waals surface area contributed by atoms with Crippen molar-refractivity contribution in [1.82, 2.24) is 10.3 Å². The average molecular weight is 226 g/mol. The lowest BCUT2D eigenvalue weighted by Crippen LogP contribution is -2.21. The molecule has 1 N–H and O–H groups in total.